The van der Waals surface area contributed by atoms with Crippen LogP contribution in [-0.2, 0) is 9.59 Å². The summed E-state index contributed by atoms with van der Waals surface area (Å²) in [6.45, 7) is 3.74. The van der Waals surface area contributed by atoms with Gasteiger partial charge in [0.05, 0.1) is 12.2 Å². The van der Waals surface area contributed by atoms with Crippen LogP contribution in [0.4, 0.5) is 0 Å². The van der Waals surface area contributed by atoms with E-state index in [1.165, 1.54) is 23.3 Å². The smallest absolute Gasteiger partial charge is 0.277 e. The number of hydrogen-bond donors (Lipinski definition) is 1. The lowest BCUT2D eigenvalue weighted by molar-refractivity contribution is -0.136. The minimum absolute atomic E-state index is 0.142. The van der Waals surface area contributed by atoms with Gasteiger partial charge in [-0.3, -0.25) is 19.4 Å². The molecule has 1 aromatic rings. The van der Waals surface area contributed by atoms with Crippen LogP contribution in [0.25, 0.3) is 5.57 Å². The fourth-order valence-electron chi connectivity index (χ4n) is 2.90. The Balaban J connectivity index is 1.89. The molecule has 3 rings (SSSR count). The molecule has 6 nitrogen and oxygen atoms in total. The third-order valence-corrected chi connectivity index (χ3v) is 5.02. The molecule has 118 valence electrons. The van der Waals surface area contributed by atoms with Crippen LogP contribution in [0.1, 0.15) is 4.88 Å². The van der Waals surface area contributed by atoms with Crippen molar-refractivity contribution in [3.8, 4) is 0 Å². The molecule has 0 bridgehead atoms. The number of carbonyl (C=O) groups excluding carboxylic acids is 2. The number of likely N-dealkylation sites (N-methyl/N-ethyl adjacent to an activating group) is 1. The van der Waals surface area contributed by atoms with Gasteiger partial charge in [0.25, 0.3) is 11.8 Å². The van der Waals surface area contributed by atoms with E-state index in [9.17, 15) is 9.59 Å². The van der Waals surface area contributed by atoms with E-state index in [1.54, 1.807) is 0 Å². The summed E-state index contributed by atoms with van der Waals surface area (Å²) >= 11 is 1.48. The molecule has 2 aliphatic heterocycles. The van der Waals surface area contributed by atoms with Gasteiger partial charge in [-0.25, -0.2) is 0 Å². The first-order valence-corrected chi connectivity index (χ1v) is 8.20. The van der Waals surface area contributed by atoms with Crippen molar-refractivity contribution in [1.29, 1.82) is 0 Å². The van der Waals surface area contributed by atoms with Crippen molar-refractivity contribution in [2.45, 2.75) is 0 Å². The number of aliphatic hydroxyl groups excluding tert-OH is 1. The summed E-state index contributed by atoms with van der Waals surface area (Å²) < 4.78 is 0. The van der Waals surface area contributed by atoms with Gasteiger partial charge in [-0.15, -0.1) is 11.3 Å². The number of imide groups is 1. The number of nitrogens with zero attached hydrogens (tertiary/aromatic N) is 3. The molecule has 1 aromatic heterocycles. The van der Waals surface area contributed by atoms with Crippen molar-refractivity contribution < 1.29 is 14.7 Å². The predicted octanol–water partition coefficient (Wildman–Crippen LogP) is 0.0677. The average molecular weight is 321 g/mol. The molecule has 0 saturated carbocycles. The largest absolute Gasteiger partial charge is 0.395 e. The van der Waals surface area contributed by atoms with Crippen molar-refractivity contribution in [2.75, 3.05) is 46.4 Å². The van der Waals surface area contributed by atoms with Gasteiger partial charge < -0.3 is 10.0 Å². The van der Waals surface area contributed by atoms with E-state index in [0.29, 0.717) is 30.9 Å². The fraction of sp³-hybridized carbons (Fsp3) is 0.467. The summed E-state index contributed by atoms with van der Waals surface area (Å²) in [5, 5.41) is 10.9. The zero-order valence-corrected chi connectivity index (χ0v) is 13.3. The second-order valence-corrected chi connectivity index (χ2v) is 6.37. The van der Waals surface area contributed by atoms with Gasteiger partial charge in [0.2, 0.25) is 0 Å². The summed E-state index contributed by atoms with van der Waals surface area (Å²) in [6, 6.07) is 3.77. The number of piperazine rings is 1. The Kier molecular flexibility index (Phi) is 4.28. The van der Waals surface area contributed by atoms with Crippen molar-refractivity contribution in [3.63, 3.8) is 0 Å². The Morgan fingerprint density at radius 1 is 1.18 bits per heavy atom. The summed E-state index contributed by atoms with van der Waals surface area (Å²) in [5.41, 5.74) is 1.05. The van der Waals surface area contributed by atoms with E-state index >= 15 is 0 Å². The van der Waals surface area contributed by atoms with Crippen molar-refractivity contribution in [2.24, 2.45) is 0 Å². The van der Waals surface area contributed by atoms with Crippen LogP contribution in [-0.4, -0.2) is 78.0 Å². The fourth-order valence-corrected chi connectivity index (χ4v) is 3.66. The molecule has 3 heterocycles. The van der Waals surface area contributed by atoms with E-state index < -0.39 is 0 Å². The molecule has 7 heteroatoms. The Morgan fingerprint density at radius 3 is 2.50 bits per heavy atom. The lowest BCUT2D eigenvalue weighted by Gasteiger charge is -2.36. The molecular formula is C15H19N3O3S. The molecule has 2 aliphatic rings. The lowest BCUT2D eigenvalue weighted by Crippen LogP contribution is -2.48. The highest BCUT2D eigenvalue weighted by Crippen LogP contribution is 2.33. The van der Waals surface area contributed by atoms with Crippen LogP contribution in [0.3, 0.4) is 0 Å². The lowest BCUT2D eigenvalue weighted by atomic mass is 10.1. The number of rotatable bonds is 4. The van der Waals surface area contributed by atoms with E-state index in [0.717, 1.165) is 18.0 Å². The highest BCUT2D eigenvalue weighted by molar-refractivity contribution is 7.11. The van der Waals surface area contributed by atoms with Crippen molar-refractivity contribution in [1.82, 2.24) is 14.7 Å². The summed E-state index contributed by atoms with van der Waals surface area (Å²) in [7, 11) is 1.54. The zero-order chi connectivity index (χ0) is 15.7. The normalized spacial score (nSPS) is 20.5. The van der Waals surface area contributed by atoms with E-state index in [-0.39, 0.29) is 18.4 Å². The van der Waals surface area contributed by atoms with Crippen LogP contribution in [0.5, 0.6) is 0 Å². The van der Waals surface area contributed by atoms with Crippen LogP contribution >= 0.6 is 11.3 Å². The monoisotopic (exact) mass is 321 g/mol. The molecule has 0 aliphatic carbocycles. The number of carbonyl (C=O) groups is 2. The number of thiophene rings is 1. The standard InChI is InChI=1S/C15H19N3O3S/c1-16-14(20)12(11-3-2-10-22-11)13(15(16)21)18-6-4-17(5-7-18)8-9-19/h2-3,10,19H,4-9H2,1H3. The van der Waals surface area contributed by atoms with Crippen molar-refractivity contribution >= 4 is 28.7 Å². The van der Waals surface area contributed by atoms with Crippen LogP contribution < -0.4 is 0 Å². The maximum absolute atomic E-state index is 12.5. The average Bonchev–Trinajstić information content (AvgIpc) is 3.12. The highest BCUT2D eigenvalue weighted by atomic mass is 32.1. The first-order chi connectivity index (χ1) is 10.6. The maximum Gasteiger partial charge on any atom is 0.277 e. The number of β-amino-alcohol motifs (C(OH)–C–C–N with tert-alkyl or cyclic N) is 1. The molecule has 1 fully saturated rings. The SMILES string of the molecule is CN1C(=O)C(c2cccs2)=C(N2CCN(CCO)CC2)C1=O. The minimum atomic E-state index is -0.222. The van der Waals surface area contributed by atoms with E-state index in [4.69, 9.17) is 5.11 Å². The number of hydrogen-bond acceptors (Lipinski definition) is 6. The van der Waals surface area contributed by atoms with Crippen LogP contribution in [0.2, 0.25) is 0 Å². The Bertz CT molecular complexity index is 604. The van der Waals surface area contributed by atoms with Crippen LogP contribution in [0, 0.1) is 0 Å². The minimum Gasteiger partial charge on any atom is -0.395 e. The molecule has 1 N–H and O–H groups in total. The maximum atomic E-state index is 12.5. The Morgan fingerprint density at radius 2 is 1.91 bits per heavy atom. The first-order valence-electron chi connectivity index (χ1n) is 7.32. The number of aliphatic hydroxyl groups is 1. The van der Waals surface area contributed by atoms with Gasteiger partial charge in [0.1, 0.15) is 5.70 Å². The Hall–Kier alpha value is -1.70. The molecule has 0 atom stereocenters. The van der Waals surface area contributed by atoms with E-state index in [2.05, 4.69) is 4.90 Å². The summed E-state index contributed by atoms with van der Waals surface area (Å²) in [6.07, 6.45) is 0. The topological polar surface area (TPSA) is 64.1 Å². The molecule has 0 aromatic carbocycles. The summed E-state index contributed by atoms with van der Waals surface area (Å²) in [5.74, 6) is -0.441. The molecule has 0 unspecified atom stereocenters. The zero-order valence-electron chi connectivity index (χ0n) is 12.5. The second-order valence-electron chi connectivity index (χ2n) is 5.42. The molecular weight excluding hydrogens is 302 g/mol. The molecule has 2 amide bonds. The molecule has 0 spiro atoms. The second kappa shape index (κ2) is 6.20. The number of amides is 2. The summed E-state index contributed by atoms with van der Waals surface area (Å²) in [4.78, 5) is 31.1. The highest BCUT2D eigenvalue weighted by Gasteiger charge is 2.40. The Labute approximate surface area is 133 Å². The van der Waals surface area contributed by atoms with Crippen LogP contribution in [0.15, 0.2) is 23.2 Å². The van der Waals surface area contributed by atoms with Gasteiger partial charge in [-0.05, 0) is 11.4 Å². The van der Waals surface area contributed by atoms with E-state index in [1.807, 2.05) is 22.4 Å². The third kappa shape index (κ3) is 2.55. The van der Waals surface area contributed by atoms with Gasteiger partial charge in [-0.1, -0.05) is 6.07 Å². The van der Waals surface area contributed by atoms with Gasteiger partial charge in [0, 0.05) is 44.6 Å². The predicted molar refractivity (Wildman–Crippen MR) is 84.1 cm³/mol. The molecule has 1 saturated heterocycles. The molecule has 0 radical (unpaired) electrons. The van der Waals surface area contributed by atoms with Gasteiger partial charge in [-0.2, -0.15) is 0 Å². The van der Waals surface area contributed by atoms with Crippen molar-refractivity contribution in [3.05, 3.63) is 28.1 Å². The molecule has 22 heavy (non-hydrogen) atoms. The van der Waals surface area contributed by atoms with Gasteiger partial charge in [0.15, 0.2) is 0 Å². The quantitative estimate of drug-likeness (QED) is 0.795. The first kappa shape index (κ1) is 15.2. The third-order valence-electron chi connectivity index (χ3n) is 4.13. The van der Waals surface area contributed by atoms with Gasteiger partial charge >= 0.3 is 0 Å².